The maximum atomic E-state index is 11.2. The summed E-state index contributed by atoms with van der Waals surface area (Å²) in [7, 11) is 1.33. The molecule has 0 aromatic carbocycles. The minimum absolute atomic E-state index is 0.221. The highest BCUT2D eigenvalue weighted by Crippen LogP contribution is 2.11. The minimum Gasteiger partial charge on any atom is -0.465 e. The summed E-state index contributed by atoms with van der Waals surface area (Å²) < 4.78 is 4.57. The van der Waals surface area contributed by atoms with E-state index in [0.717, 1.165) is 0 Å². The normalized spacial score (nSPS) is 11.8. The van der Waals surface area contributed by atoms with Gasteiger partial charge in [-0.2, -0.15) is 0 Å². The van der Waals surface area contributed by atoms with Crippen molar-refractivity contribution in [3.05, 3.63) is 36.0 Å². The van der Waals surface area contributed by atoms with Crippen molar-refractivity contribution in [3.63, 3.8) is 0 Å². The molecule has 0 radical (unpaired) electrons. The van der Waals surface area contributed by atoms with Crippen LogP contribution in [0, 0.1) is 0 Å². The molecule has 0 saturated heterocycles. The first-order valence-corrected chi connectivity index (χ1v) is 4.36. The van der Waals surface area contributed by atoms with Crippen molar-refractivity contribution in [1.29, 1.82) is 0 Å². The van der Waals surface area contributed by atoms with Crippen LogP contribution in [0.2, 0.25) is 0 Å². The van der Waals surface area contributed by atoms with Crippen LogP contribution in [-0.4, -0.2) is 19.0 Å². The predicted octanol–water partition coefficient (Wildman–Crippen LogP) is 2.46. The molecule has 0 unspecified atom stereocenters. The molecule has 0 N–H and O–H groups in total. The Hall–Kier alpha value is -1.02. The van der Waals surface area contributed by atoms with Crippen LogP contribution in [0.4, 0.5) is 0 Å². The summed E-state index contributed by atoms with van der Waals surface area (Å²) in [5.41, 5.74) is 0.974. The maximum Gasteiger partial charge on any atom is 0.338 e. The number of halogens is 1. The highest BCUT2D eigenvalue weighted by Gasteiger charge is 2.10. The molecule has 0 aliphatic rings. The fraction of sp³-hybridized carbons (Fsp3) is 0.300. The van der Waals surface area contributed by atoms with E-state index in [2.05, 4.69) is 11.3 Å². The molecule has 72 valence electrons. The van der Waals surface area contributed by atoms with Crippen molar-refractivity contribution in [2.75, 3.05) is 13.0 Å². The third-order valence-corrected chi connectivity index (χ3v) is 1.73. The lowest BCUT2D eigenvalue weighted by atomic mass is 10.1. The van der Waals surface area contributed by atoms with Crippen molar-refractivity contribution in [2.45, 2.75) is 6.92 Å². The summed E-state index contributed by atoms with van der Waals surface area (Å²) in [6, 6.07) is 0. The van der Waals surface area contributed by atoms with Gasteiger partial charge in [-0.05, 0) is 18.6 Å². The summed E-state index contributed by atoms with van der Waals surface area (Å²) in [4.78, 5) is 11.2. The highest BCUT2D eigenvalue weighted by molar-refractivity contribution is 6.20. The molecule has 0 saturated carbocycles. The number of ether oxygens (including phenoxy) is 1. The van der Waals surface area contributed by atoms with Gasteiger partial charge in [-0.15, -0.1) is 11.6 Å². The average Bonchev–Trinajstić information content (AvgIpc) is 2.17. The van der Waals surface area contributed by atoms with Crippen molar-refractivity contribution < 1.29 is 9.53 Å². The number of alkyl halides is 1. The zero-order valence-corrected chi connectivity index (χ0v) is 8.60. The highest BCUT2D eigenvalue weighted by atomic mass is 35.5. The second kappa shape index (κ2) is 6.49. The zero-order valence-electron chi connectivity index (χ0n) is 7.84. The first-order chi connectivity index (χ1) is 6.17. The first-order valence-electron chi connectivity index (χ1n) is 3.82. The Bertz CT molecular complexity index is 234. The van der Waals surface area contributed by atoms with Crippen LogP contribution in [0.15, 0.2) is 36.0 Å². The lowest BCUT2D eigenvalue weighted by molar-refractivity contribution is -0.135. The quantitative estimate of drug-likeness (QED) is 0.302. The molecule has 0 spiro atoms. The van der Waals surface area contributed by atoms with E-state index in [1.165, 1.54) is 7.11 Å². The van der Waals surface area contributed by atoms with E-state index in [1.54, 1.807) is 12.2 Å². The van der Waals surface area contributed by atoms with Crippen LogP contribution >= 0.6 is 11.6 Å². The standard InChI is InChI=1S/C10H13ClO2/c1-4-5-6-9(8(2)7-11)10(12)13-3/h4-6H,2,7H2,1,3H3/b5-4-,9-6+. The van der Waals surface area contributed by atoms with Gasteiger partial charge in [0.15, 0.2) is 0 Å². The molecule has 0 atom stereocenters. The fourth-order valence-electron chi connectivity index (χ4n) is 0.705. The lowest BCUT2D eigenvalue weighted by Gasteiger charge is -2.04. The van der Waals surface area contributed by atoms with Crippen LogP contribution in [0.25, 0.3) is 0 Å². The van der Waals surface area contributed by atoms with Gasteiger partial charge in [0.2, 0.25) is 0 Å². The van der Waals surface area contributed by atoms with Crippen molar-refractivity contribution in [1.82, 2.24) is 0 Å². The Labute approximate surface area is 83.5 Å². The monoisotopic (exact) mass is 200 g/mol. The van der Waals surface area contributed by atoms with Gasteiger partial charge in [-0.1, -0.05) is 18.7 Å². The third kappa shape index (κ3) is 3.95. The average molecular weight is 201 g/mol. The first kappa shape index (κ1) is 12.0. The number of carbonyl (C=O) groups excluding carboxylic acids is 1. The number of carbonyl (C=O) groups is 1. The fourth-order valence-corrected chi connectivity index (χ4v) is 0.849. The number of hydrogen-bond acceptors (Lipinski definition) is 2. The summed E-state index contributed by atoms with van der Waals surface area (Å²) in [5, 5.41) is 0. The third-order valence-electron chi connectivity index (χ3n) is 1.40. The topological polar surface area (TPSA) is 26.3 Å². The van der Waals surface area contributed by atoms with Gasteiger partial charge in [0.25, 0.3) is 0 Å². The number of methoxy groups -OCH3 is 1. The summed E-state index contributed by atoms with van der Waals surface area (Å²) in [6.45, 7) is 5.52. The molecule has 0 amide bonds. The molecular weight excluding hydrogens is 188 g/mol. The van der Waals surface area contributed by atoms with Crippen LogP contribution in [-0.2, 0) is 9.53 Å². The van der Waals surface area contributed by atoms with Crippen LogP contribution < -0.4 is 0 Å². The van der Waals surface area contributed by atoms with Gasteiger partial charge in [0.05, 0.1) is 12.7 Å². The van der Waals surface area contributed by atoms with Gasteiger partial charge in [-0.25, -0.2) is 4.79 Å². The Morgan fingerprint density at radius 2 is 2.23 bits per heavy atom. The predicted molar refractivity (Wildman–Crippen MR) is 54.8 cm³/mol. The van der Waals surface area contributed by atoms with Gasteiger partial charge in [0, 0.05) is 5.88 Å². The summed E-state index contributed by atoms with van der Waals surface area (Å²) in [5.74, 6) is -0.192. The van der Waals surface area contributed by atoms with Gasteiger partial charge >= 0.3 is 5.97 Å². The summed E-state index contributed by atoms with van der Waals surface area (Å²) >= 11 is 5.55. The molecule has 0 fully saturated rings. The number of allylic oxidation sites excluding steroid dienone is 3. The van der Waals surface area contributed by atoms with Crippen molar-refractivity contribution in [3.8, 4) is 0 Å². The van der Waals surface area contributed by atoms with E-state index in [-0.39, 0.29) is 5.88 Å². The van der Waals surface area contributed by atoms with E-state index >= 15 is 0 Å². The second-order valence-electron chi connectivity index (χ2n) is 2.33. The van der Waals surface area contributed by atoms with E-state index in [1.807, 2.05) is 13.0 Å². The van der Waals surface area contributed by atoms with Crippen molar-refractivity contribution in [2.24, 2.45) is 0 Å². The smallest absolute Gasteiger partial charge is 0.338 e. The van der Waals surface area contributed by atoms with Crippen LogP contribution in [0.5, 0.6) is 0 Å². The van der Waals surface area contributed by atoms with Crippen molar-refractivity contribution >= 4 is 17.6 Å². The van der Waals surface area contributed by atoms with E-state index in [9.17, 15) is 4.79 Å². The Balaban J connectivity index is 4.75. The van der Waals surface area contributed by atoms with Gasteiger partial charge < -0.3 is 4.74 Å². The molecule has 2 nitrogen and oxygen atoms in total. The molecule has 0 aliphatic heterocycles. The maximum absolute atomic E-state index is 11.2. The molecule has 3 heteroatoms. The molecule has 13 heavy (non-hydrogen) atoms. The van der Waals surface area contributed by atoms with Crippen LogP contribution in [0.3, 0.4) is 0 Å². The van der Waals surface area contributed by atoms with Crippen LogP contribution in [0.1, 0.15) is 6.92 Å². The van der Waals surface area contributed by atoms with Gasteiger partial charge in [0.1, 0.15) is 0 Å². The Morgan fingerprint density at radius 3 is 2.62 bits per heavy atom. The van der Waals surface area contributed by atoms with E-state index in [0.29, 0.717) is 11.1 Å². The molecule has 0 aromatic heterocycles. The minimum atomic E-state index is -0.413. The molecule has 0 heterocycles. The number of rotatable bonds is 4. The lowest BCUT2D eigenvalue weighted by Crippen LogP contribution is -2.07. The molecule has 0 aromatic rings. The Kier molecular flexibility index (Phi) is 5.98. The van der Waals surface area contributed by atoms with E-state index in [4.69, 9.17) is 11.6 Å². The Morgan fingerprint density at radius 1 is 1.62 bits per heavy atom. The van der Waals surface area contributed by atoms with Gasteiger partial charge in [-0.3, -0.25) is 0 Å². The number of esters is 1. The molecule has 0 rings (SSSR count). The summed E-state index contributed by atoms with van der Waals surface area (Å²) in [6.07, 6.45) is 5.19. The molecule has 0 bridgehead atoms. The largest absolute Gasteiger partial charge is 0.465 e. The second-order valence-corrected chi connectivity index (χ2v) is 2.60. The SMILES string of the molecule is C=C(CCl)/C(=C\C=C/C)C(=O)OC. The molecule has 0 aliphatic carbocycles. The van der Waals surface area contributed by atoms with E-state index < -0.39 is 5.97 Å². The molecular formula is C10H13ClO2. The number of hydrogen-bond donors (Lipinski definition) is 0. The zero-order chi connectivity index (χ0) is 10.3.